The summed E-state index contributed by atoms with van der Waals surface area (Å²) in [6.07, 6.45) is 0.748. The molecule has 2 nitrogen and oxygen atoms in total. The van der Waals surface area contributed by atoms with Crippen LogP contribution >= 0.6 is 0 Å². The van der Waals surface area contributed by atoms with Crippen LogP contribution in [0.15, 0.2) is 0 Å². The third-order valence-corrected chi connectivity index (χ3v) is 3.77. The highest BCUT2D eigenvalue weighted by Gasteiger charge is 2.27. The van der Waals surface area contributed by atoms with Crippen LogP contribution in [0.25, 0.3) is 0 Å². The van der Waals surface area contributed by atoms with E-state index in [4.69, 9.17) is 0 Å². The van der Waals surface area contributed by atoms with Gasteiger partial charge in [-0.1, -0.05) is 34.6 Å². The van der Waals surface area contributed by atoms with Gasteiger partial charge in [-0.15, -0.1) is 0 Å². The van der Waals surface area contributed by atoms with E-state index in [1.54, 1.807) is 0 Å². The highest BCUT2D eigenvalue weighted by Crippen LogP contribution is 2.27. The van der Waals surface area contributed by atoms with Gasteiger partial charge in [-0.2, -0.15) is 0 Å². The van der Waals surface area contributed by atoms with Crippen LogP contribution < -0.4 is 0 Å². The van der Waals surface area contributed by atoms with E-state index < -0.39 is 0 Å². The summed E-state index contributed by atoms with van der Waals surface area (Å²) in [4.78, 5) is 13.8. The predicted octanol–water partition coefficient (Wildman–Crippen LogP) is 2.58. The van der Waals surface area contributed by atoms with Crippen molar-refractivity contribution in [1.29, 1.82) is 0 Å². The highest BCUT2D eigenvalue weighted by atomic mass is 16.1. The van der Waals surface area contributed by atoms with Crippen LogP contribution in [-0.2, 0) is 4.79 Å². The van der Waals surface area contributed by atoms with E-state index in [-0.39, 0.29) is 5.92 Å². The molecule has 0 bridgehead atoms. The fraction of sp³-hybridized carbons (Fsp3) is 0.923. The molecule has 0 aromatic rings. The van der Waals surface area contributed by atoms with Crippen molar-refractivity contribution in [3.8, 4) is 0 Å². The zero-order valence-corrected chi connectivity index (χ0v) is 10.8. The molecule has 1 rings (SSSR count). The molecular formula is C13H25NO. The Hall–Kier alpha value is -0.370. The molecule has 2 heteroatoms. The summed E-state index contributed by atoms with van der Waals surface area (Å²) in [6.45, 7) is 14.3. The normalized spacial score (nSPS) is 26.7. The molecule has 1 aliphatic heterocycles. The number of Topliss-reactive ketones (excluding diaryl/α,β-unsaturated/α-hetero) is 1. The largest absolute Gasteiger partial charge is 0.302 e. The fourth-order valence-corrected chi connectivity index (χ4v) is 1.92. The van der Waals surface area contributed by atoms with Crippen molar-refractivity contribution < 1.29 is 4.79 Å². The number of hydrogen-bond donors (Lipinski definition) is 0. The van der Waals surface area contributed by atoms with Gasteiger partial charge in [0, 0.05) is 32.0 Å². The van der Waals surface area contributed by atoms with Crippen LogP contribution in [0.3, 0.4) is 0 Å². The van der Waals surface area contributed by atoms with Crippen LogP contribution in [0.1, 0.15) is 41.0 Å². The minimum Gasteiger partial charge on any atom is -0.302 e. The minimum atomic E-state index is 0.242. The molecule has 1 saturated heterocycles. The Bertz CT molecular complexity index is 229. The summed E-state index contributed by atoms with van der Waals surface area (Å²) < 4.78 is 0. The Kier molecular flexibility index (Phi) is 3.93. The first-order valence-electron chi connectivity index (χ1n) is 6.05. The summed E-state index contributed by atoms with van der Waals surface area (Å²) in [5.41, 5.74) is 0.366. The average Bonchev–Trinajstić information content (AvgIpc) is 2.10. The van der Waals surface area contributed by atoms with E-state index in [0.29, 0.717) is 17.1 Å². The lowest BCUT2D eigenvalue weighted by atomic mass is 9.81. The van der Waals surface area contributed by atoms with Crippen LogP contribution in [0, 0.1) is 17.3 Å². The molecule has 0 aliphatic carbocycles. The summed E-state index contributed by atoms with van der Waals surface area (Å²) in [6, 6.07) is 0. The van der Waals surface area contributed by atoms with E-state index in [9.17, 15) is 4.79 Å². The minimum absolute atomic E-state index is 0.242. The van der Waals surface area contributed by atoms with Crippen molar-refractivity contribution in [3.63, 3.8) is 0 Å². The Labute approximate surface area is 94.0 Å². The molecule has 0 N–H and O–H groups in total. The first-order valence-corrected chi connectivity index (χ1v) is 6.05. The maximum atomic E-state index is 11.4. The monoisotopic (exact) mass is 211 g/mol. The standard InChI is InChI=1S/C13H25NO/c1-10-8-14(7-6-12(10)15)9-11(2)13(3,4)5/h10-11H,6-9H2,1-5H3. The van der Waals surface area contributed by atoms with Crippen molar-refractivity contribution in [3.05, 3.63) is 0 Å². The van der Waals surface area contributed by atoms with Crippen molar-refractivity contribution in [1.82, 2.24) is 4.90 Å². The summed E-state index contributed by atoms with van der Waals surface area (Å²) >= 11 is 0. The molecule has 1 aliphatic rings. The zero-order chi connectivity index (χ0) is 11.6. The van der Waals surface area contributed by atoms with Crippen LogP contribution in [0.2, 0.25) is 0 Å². The average molecular weight is 211 g/mol. The molecule has 0 aromatic carbocycles. The van der Waals surface area contributed by atoms with Gasteiger partial charge >= 0.3 is 0 Å². The van der Waals surface area contributed by atoms with Gasteiger partial charge in [0.25, 0.3) is 0 Å². The lowest BCUT2D eigenvalue weighted by Crippen LogP contribution is -2.43. The number of rotatable bonds is 2. The fourth-order valence-electron chi connectivity index (χ4n) is 1.92. The first-order chi connectivity index (χ1) is 6.80. The van der Waals surface area contributed by atoms with Crippen LogP contribution in [0.4, 0.5) is 0 Å². The van der Waals surface area contributed by atoms with Crippen molar-refractivity contribution in [2.45, 2.75) is 41.0 Å². The smallest absolute Gasteiger partial charge is 0.138 e. The second-order valence-corrected chi connectivity index (χ2v) is 6.14. The molecule has 1 fully saturated rings. The first kappa shape index (κ1) is 12.7. The van der Waals surface area contributed by atoms with E-state index in [1.807, 2.05) is 0 Å². The number of likely N-dealkylation sites (tertiary alicyclic amines) is 1. The molecule has 0 saturated carbocycles. The number of ketones is 1. The van der Waals surface area contributed by atoms with Crippen molar-refractivity contribution >= 4 is 5.78 Å². The number of piperidine rings is 1. The second kappa shape index (κ2) is 4.65. The van der Waals surface area contributed by atoms with E-state index in [2.05, 4.69) is 39.5 Å². The summed E-state index contributed by atoms with van der Waals surface area (Å²) in [5.74, 6) is 1.36. The molecule has 2 unspecified atom stereocenters. The molecular weight excluding hydrogens is 186 g/mol. The van der Waals surface area contributed by atoms with Gasteiger partial charge < -0.3 is 4.90 Å². The zero-order valence-electron chi connectivity index (χ0n) is 10.8. The van der Waals surface area contributed by atoms with Crippen LogP contribution in [0.5, 0.6) is 0 Å². The van der Waals surface area contributed by atoms with Gasteiger partial charge in [0.1, 0.15) is 5.78 Å². The molecule has 0 aromatic heterocycles. The van der Waals surface area contributed by atoms with Gasteiger partial charge in [0.2, 0.25) is 0 Å². The van der Waals surface area contributed by atoms with Gasteiger partial charge in [0.05, 0.1) is 0 Å². The molecule has 1 heterocycles. The third kappa shape index (κ3) is 3.60. The molecule has 0 spiro atoms. The topological polar surface area (TPSA) is 20.3 Å². The van der Waals surface area contributed by atoms with Crippen molar-refractivity contribution in [2.24, 2.45) is 17.3 Å². The van der Waals surface area contributed by atoms with Gasteiger partial charge in [0.15, 0.2) is 0 Å². The summed E-state index contributed by atoms with van der Waals surface area (Å²) in [7, 11) is 0. The molecule has 0 amide bonds. The molecule has 88 valence electrons. The maximum absolute atomic E-state index is 11.4. The predicted molar refractivity (Wildman–Crippen MR) is 63.8 cm³/mol. The summed E-state index contributed by atoms with van der Waals surface area (Å²) in [5, 5.41) is 0. The van der Waals surface area contributed by atoms with Gasteiger partial charge in [-0.3, -0.25) is 4.79 Å². The number of carbonyl (C=O) groups is 1. The lowest BCUT2D eigenvalue weighted by Gasteiger charge is -2.36. The second-order valence-electron chi connectivity index (χ2n) is 6.14. The highest BCUT2D eigenvalue weighted by molar-refractivity contribution is 5.81. The SMILES string of the molecule is CC1CN(CC(C)C(C)(C)C)CCC1=O. The van der Waals surface area contributed by atoms with Gasteiger partial charge in [-0.25, -0.2) is 0 Å². The van der Waals surface area contributed by atoms with E-state index >= 15 is 0 Å². The quantitative estimate of drug-likeness (QED) is 0.699. The Morgan fingerprint density at radius 1 is 1.47 bits per heavy atom. The number of carbonyl (C=O) groups excluding carboxylic acids is 1. The lowest BCUT2D eigenvalue weighted by molar-refractivity contribution is -0.125. The maximum Gasteiger partial charge on any atom is 0.138 e. The van der Waals surface area contributed by atoms with E-state index in [1.165, 1.54) is 0 Å². The number of nitrogens with zero attached hydrogens (tertiary/aromatic N) is 1. The van der Waals surface area contributed by atoms with Crippen LogP contribution in [-0.4, -0.2) is 30.3 Å². The third-order valence-electron chi connectivity index (χ3n) is 3.77. The van der Waals surface area contributed by atoms with Gasteiger partial charge in [-0.05, 0) is 11.3 Å². The Morgan fingerprint density at radius 3 is 2.53 bits per heavy atom. The molecule has 15 heavy (non-hydrogen) atoms. The Balaban J connectivity index is 2.43. The van der Waals surface area contributed by atoms with E-state index in [0.717, 1.165) is 26.1 Å². The van der Waals surface area contributed by atoms with Crippen molar-refractivity contribution in [2.75, 3.05) is 19.6 Å². The molecule has 2 atom stereocenters. The number of hydrogen-bond acceptors (Lipinski definition) is 2. The molecule has 0 radical (unpaired) electrons. The Morgan fingerprint density at radius 2 is 2.07 bits per heavy atom.